The molecule has 0 radical (unpaired) electrons. The van der Waals surface area contributed by atoms with Gasteiger partial charge in [0.1, 0.15) is 10.4 Å². The molecule has 1 amide bonds. The minimum atomic E-state index is -0.297. The lowest BCUT2D eigenvalue weighted by Crippen LogP contribution is -2.35. The largest absolute Gasteiger partial charge is 0.359 e. The molecule has 1 aromatic carbocycles. The molecule has 1 N–H and O–H groups in total. The van der Waals surface area contributed by atoms with Gasteiger partial charge >= 0.3 is 0 Å². The van der Waals surface area contributed by atoms with Gasteiger partial charge < -0.3 is 5.32 Å². The number of benzene rings is 1. The molecule has 0 spiro atoms. The van der Waals surface area contributed by atoms with Crippen molar-refractivity contribution >= 4 is 43.6 Å². The number of pyridine rings is 1. The van der Waals surface area contributed by atoms with E-state index in [0.717, 1.165) is 63.6 Å². The van der Waals surface area contributed by atoms with E-state index in [-0.39, 0.29) is 11.3 Å². The molecule has 2 atom stereocenters. The highest BCUT2D eigenvalue weighted by Gasteiger charge is 2.40. The first kappa shape index (κ1) is 20.1. The maximum atomic E-state index is 12.2. The summed E-state index contributed by atoms with van der Waals surface area (Å²) in [5.41, 5.74) is 1.42. The first-order valence-corrected chi connectivity index (χ1v) is 11.2. The number of hydrogen-bond acceptors (Lipinski definition) is 5. The third-order valence-electron chi connectivity index (χ3n) is 6.39. The normalized spacial score (nSPS) is 21.1. The molecule has 0 saturated heterocycles. The Labute approximate surface area is 188 Å². The molecule has 1 fully saturated rings. The summed E-state index contributed by atoms with van der Waals surface area (Å²) in [6.07, 6.45) is 9.00. The SMILES string of the molecule is CNC(=O)C1(C)CC[C@@H](Cc2ncc3c(Br)nn(-c4ccc5cnccc5c4)c3n2)C1. The number of hydrogen-bond donors (Lipinski definition) is 1. The van der Waals surface area contributed by atoms with Crippen molar-refractivity contribution in [1.82, 2.24) is 30.0 Å². The van der Waals surface area contributed by atoms with Gasteiger partial charge in [-0.3, -0.25) is 9.78 Å². The Balaban J connectivity index is 1.48. The van der Waals surface area contributed by atoms with Crippen molar-refractivity contribution in [2.75, 3.05) is 7.05 Å². The van der Waals surface area contributed by atoms with Crippen LogP contribution < -0.4 is 5.32 Å². The minimum absolute atomic E-state index is 0.125. The Morgan fingerprint density at radius 2 is 2.16 bits per heavy atom. The van der Waals surface area contributed by atoms with Crippen LogP contribution in [0.15, 0.2) is 47.5 Å². The van der Waals surface area contributed by atoms with E-state index < -0.39 is 0 Å². The number of fused-ring (bicyclic) bond motifs is 2. The Morgan fingerprint density at radius 3 is 3.00 bits per heavy atom. The van der Waals surface area contributed by atoms with Gasteiger partial charge in [0.15, 0.2) is 5.65 Å². The molecular formula is C23H23BrN6O. The van der Waals surface area contributed by atoms with Crippen LogP contribution >= 0.6 is 15.9 Å². The minimum Gasteiger partial charge on any atom is -0.359 e. The van der Waals surface area contributed by atoms with Crippen LogP contribution in [0, 0.1) is 11.3 Å². The van der Waals surface area contributed by atoms with Crippen LogP contribution in [0.1, 0.15) is 32.0 Å². The lowest BCUT2D eigenvalue weighted by molar-refractivity contribution is -0.129. The van der Waals surface area contributed by atoms with Crippen LogP contribution in [0.25, 0.3) is 27.5 Å². The first-order chi connectivity index (χ1) is 15.0. The quantitative estimate of drug-likeness (QED) is 0.474. The summed E-state index contributed by atoms with van der Waals surface area (Å²) in [7, 11) is 1.71. The molecule has 1 aliphatic rings. The lowest BCUT2D eigenvalue weighted by Gasteiger charge is -2.21. The predicted molar refractivity (Wildman–Crippen MR) is 123 cm³/mol. The van der Waals surface area contributed by atoms with Gasteiger partial charge in [-0.2, -0.15) is 5.10 Å². The number of halogens is 1. The maximum absolute atomic E-state index is 12.2. The van der Waals surface area contributed by atoms with Crippen molar-refractivity contribution < 1.29 is 4.79 Å². The second-order valence-electron chi connectivity index (χ2n) is 8.59. The maximum Gasteiger partial charge on any atom is 0.225 e. The predicted octanol–water partition coefficient (Wildman–Crippen LogP) is 4.22. The Hall–Kier alpha value is -2.87. The zero-order chi connectivity index (χ0) is 21.6. The molecule has 158 valence electrons. The van der Waals surface area contributed by atoms with Gasteiger partial charge in [-0.25, -0.2) is 14.6 Å². The van der Waals surface area contributed by atoms with Crippen molar-refractivity contribution in [2.45, 2.75) is 32.6 Å². The van der Waals surface area contributed by atoms with Crippen molar-refractivity contribution in [3.05, 3.63) is 53.3 Å². The monoisotopic (exact) mass is 478 g/mol. The number of nitrogens with zero attached hydrogens (tertiary/aromatic N) is 5. The van der Waals surface area contributed by atoms with Gasteiger partial charge in [-0.1, -0.05) is 13.0 Å². The van der Waals surface area contributed by atoms with E-state index in [1.165, 1.54) is 0 Å². The molecule has 4 aromatic rings. The van der Waals surface area contributed by atoms with E-state index in [4.69, 9.17) is 4.98 Å². The smallest absolute Gasteiger partial charge is 0.225 e. The number of carbonyl (C=O) groups excluding carboxylic acids is 1. The van der Waals surface area contributed by atoms with Crippen LogP contribution in [0.4, 0.5) is 0 Å². The van der Waals surface area contributed by atoms with Gasteiger partial charge in [0.2, 0.25) is 5.91 Å². The van der Waals surface area contributed by atoms with Gasteiger partial charge in [-0.15, -0.1) is 0 Å². The van der Waals surface area contributed by atoms with E-state index in [2.05, 4.69) is 49.3 Å². The highest BCUT2D eigenvalue weighted by atomic mass is 79.9. The van der Waals surface area contributed by atoms with Crippen molar-refractivity contribution in [2.24, 2.45) is 11.3 Å². The highest BCUT2D eigenvalue weighted by molar-refractivity contribution is 9.10. The van der Waals surface area contributed by atoms with Crippen LogP contribution in [0.5, 0.6) is 0 Å². The second kappa shape index (κ2) is 7.67. The van der Waals surface area contributed by atoms with Crippen LogP contribution in [-0.2, 0) is 11.2 Å². The summed E-state index contributed by atoms with van der Waals surface area (Å²) in [6, 6.07) is 8.14. The summed E-state index contributed by atoms with van der Waals surface area (Å²) in [4.78, 5) is 25.9. The van der Waals surface area contributed by atoms with Gasteiger partial charge in [-0.05, 0) is 64.7 Å². The molecular weight excluding hydrogens is 456 g/mol. The molecule has 0 bridgehead atoms. The molecule has 0 aliphatic heterocycles. The molecule has 3 aromatic heterocycles. The van der Waals surface area contributed by atoms with Crippen molar-refractivity contribution in [3.63, 3.8) is 0 Å². The summed E-state index contributed by atoms with van der Waals surface area (Å²) in [6.45, 7) is 2.05. The van der Waals surface area contributed by atoms with E-state index >= 15 is 0 Å². The molecule has 3 heterocycles. The molecule has 7 nitrogen and oxygen atoms in total. The van der Waals surface area contributed by atoms with E-state index in [0.29, 0.717) is 5.92 Å². The highest BCUT2D eigenvalue weighted by Crippen LogP contribution is 2.42. The Kier molecular flexibility index (Phi) is 4.97. The second-order valence-corrected chi connectivity index (χ2v) is 9.34. The summed E-state index contributed by atoms with van der Waals surface area (Å²) in [5, 5.41) is 10.5. The Bertz CT molecular complexity index is 1300. The van der Waals surface area contributed by atoms with E-state index in [1.54, 1.807) is 13.2 Å². The fourth-order valence-corrected chi connectivity index (χ4v) is 5.13. The number of rotatable bonds is 4. The summed E-state index contributed by atoms with van der Waals surface area (Å²) in [5.74, 6) is 1.31. The van der Waals surface area contributed by atoms with Crippen LogP contribution in [-0.4, -0.2) is 37.7 Å². The van der Waals surface area contributed by atoms with Crippen molar-refractivity contribution in [1.29, 1.82) is 0 Å². The average Bonchev–Trinajstić information content (AvgIpc) is 3.33. The van der Waals surface area contributed by atoms with Crippen molar-refractivity contribution in [3.8, 4) is 5.69 Å². The van der Waals surface area contributed by atoms with Gasteiger partial charge in [0.25, 0.3) is 0 Å². The summed E-state index contributed by atoms with van der Waals surface area (Å²) >= 11 is 3.55. The molecule has 8 heteroatoms. The van der Waals surface area contributed by atoms with Crippen LogP contribution in [0.2, 0.25) is 0 Å². The van der Waals surface area contributed by atoms with Gasteiger partial charge in [0, 0.05) is 42.9 Å². The number of amides is 1. The molecule has 1 aliphatic carbocycles. The number of carbonyl (C=O) groups is 1. The zero-order valence-corrected chi connectivity index (χ0v) is 19.1. The topological polar surface area (TPSA) is 85.6 Å². The van der Waals surface area contributed by atoms with E-state index in [1.807, 2.05) is 35.3 Å². The zero-order valence-electron chi connectivity index (χ0n) is 17.5. The molecule has 1 saturated carbocycles. The first-order valence-electron chi connectivity index (χ1n) is 10.4. The Morgan fingerprint density at radius 1 is 1.29 bits per heavy atom. The molecule has 1 unspecified atom stereocenters. The standard InChI is InChI=1S/C23H23BrN6O/c1-23(22(31)25-2)7-5-14(11-23)9-19-27-13-18-20(24)29-30(21(18)28-19)17-4-3-16-12-26-8-6-15(16)10-17/h3-4,6,8,10,12-14H,5,7,9,11H2,1-2H3,(H,25,31)/t14-,23?/m0/s1. The fraction of sp³-hybridized carbons (Fsp3) is 0.348. The third kappa shape index (κ3) is 3.59. The lowest BCUT2D eigenvalue weighted by atomic mass is 9.86. The summed E-state index contributed by atoms with van der Waals surface area (Å²) < 4.78 is 2.57. The molecule has 5 rings (SSSR count). The average molecular weight is 479 g/mol. The number of aromatic nitrogens is 5. The van der Waals surface area contributed by atoms with Crippen LogP contribution in [0.3, 0.4) is 0 Å². The number of nitrogens with one attached hydrogen (secondary N) is 1. The third-order valence-corrected chi connectivity index (χ3v) is 6.97. The molecule has 31 heavy (non-hydrogen) atoms. The van der Waals surface area contributed by atoms with Gasteiger partial charge in [0.05, 0.1) is 11.1 Å². The fourth-order valence-electron chi connectivity index (χ4n) is 4.69. The van der Waals surface area contributed by atoms with E-state index in [9.17, 15) is 4.79 Å².